The first-order chi connectivity index (χ1) is 8.13. The van der Waals surface area contributed by atoms with E-state index in [2.05, 4.69) is 0 Å². The predicted molar refractivity (Wildman–Crippen MR) is 75.5 cm³/mol. The molecule has 2 rings (SSSR count). The molecule has 0 aromatic carbocycles. The maximum Gasteiger partial charge on any atom is 0.263 e. The zero-order valence-corrected chi connectivity index (χ0v) is 12.3. The number of ether oxygens (including phenoxy) is 1. The van der Waals surface area contributed by atoms with E-state index in [4.69, 9.17) is 10.5 Å². The summed E-state index contributed by atoms with van der Waals surface area (Å²) in [5.41, 5.74) is 6.74. The topological polar surface area (TPSA) is 55.6 Å². The number of likely N-dealkylation sites (N-methyl/N-ethyl adjacent to an activating group) is 1. The molecule has 1 amide bonds. The fourth-order valence-corrected chi connectivity index (χ4v) is 2.92. The average molecular weight is 291 g/mol. The summed E-state index contributed by atoms with van der Waals surface area (Å²) in [6, 6.07) is 2.03. The minimum absolute atomic E-state index is 0. The summed E-state index contributed by atoms with van der Waals surface area (Å²) in [5, 5.41) is 0. The van der Waals surface area contributed by atoms with Gasteiger partial charge in [0.25, 0.3) is 5.91 Å². The minimum atomic E-state index is 0. The first-order valence-electron chi connectivity index (χ1n) is 5.80. The number of fused-ring (bicyclic) bond motifs is 1. The molecule has 4 nitrogen and oxygen atoms in total. The molecule has 6 heteroatoms. The zero-order chi connectivity index (χ0) is 12.4. The third-order valence-electron chi connectivity index (χ3n) is 3.16. The zero-order valence-electron chi connectivity index (χ0n) is 10.6. The lowest BCUT2D eigenvalue weighted by Crippen LogP contribution is -2.39. The van der Waals surface area contributed by atoms with E-state index in [1.165, 1.54) is 10.4 Å². The number of hydrogen-bond acceptors (Lipinski definition) is 4. The van der Waals surface area contributed by atoms with Crippen LogP contribution in [0.5, 0.6) is 0 Å². The van der Waals surface area contributed by atoms with E-state index in [1.807, 2.05) is 13.0 Å². The van der Waals surface area contributed by atoms with Gasteiger partial charge in [-0.15, -0.1) is 23.7 Å². The van der Waals surface area contributed by atoms with E-state index in [1.54, 1.807) is 23.3 Å². The van der Waals surface area contributed by atoms with Crippen LogP contribution in [0, 0.1) is 0 Å². The molecule has 1 aromatic heterocycles. The van der Waals surface area contributed by atoms with Gasteiger partial charge in [0.1, 0.15) is 0 Å². The molecule has 1 aliphatic rings. The minimum Gasteiger partial charge on any atom is -0.376 e. The number of nitrogens with zero attached hydrogens (tertiary/aromatic N) is 1. The van der Waals surface area contributed by atoms with Gasteiger partial charge in [-0.3, -0.25) is 4.79 Å². The number of carbonyl (C=O) groups is 1. The van der Waals surface area contributed by atoms with Gasteiger partial charge in [-0.25, -0.2) is 0 Å². The quantitative estimate of drug-likeness (QED) is 0.921. The van der Waals surface area contributed by atoms with Crippen LogP contribution in [-0.4, -0.2) is 37.0 Å². The van der Waals surface area contributed by atoms with Crippen molar-refractivity contribution in [1.82, 2.24) is 4.90 Å². The van der Waals surface area contributed by atoms with Crippen LogP contribution in [0.4, 0.5) is 0 Å². The van der Waals surface area contributed by atoms with Gasteiger partial charge in [-0.05, 0) is 18.6 Å². The molecule has 0 saturated carbocycles. The Kier molecular flexibility index (Phi) is 5.59. The summed E-state index contributed by atoms with van der Waals surface area (Å²) < 4.78 is 5.38. The molecular formula is C12H19ClN2O2S. The summed E-state index contributed by atoms with van der Waals surface area (Å²) in [7, 11) is 1.80. The summed E-state index contributed by atoms with van der Waals surface area (Å²) in [4.78, 5) is 16.0. The second kappa shape index (κ2) is 6.52. The number of hydrogen-bond donors (Lipinski definition) is 1. The SMILES string of the molecule is CC(CN)N(C)C(=O)c1cc2c(s1)CCOC2.Cl. The van der Waals surface area contributed by atoms with Gasteiger partial charge >= 0.3 is 0 Å². The van der Waals surface area contributed by atoms with Crippen molar-refractivity contribution >= 4 is 29.7 Å². The Balaban J connectivity index is 0.00000162. The molecule has 1 aliphatic heterocycles. The van der Waals surface area contributed by atoms with Crippen molar-refractivity contribution in [3.05, 3.63) is 21.4 Å². The number of rotatable bonds is 3. The number of amides is 1. The van der Waals surface area contributed by atoms with Crippen LogP contribution < -0.4 is 5.73 Å². The van der Waals surface area contributed by atoms with Crippen molar-refractivity contribution in [3.8, 4) is 0 Å². The Morgan fingerprint density at radius 1 is 1.67 bits per heavy atom. The maximum absolute atomic E-state index is 12.2. The smallest absolute Gasteiger partial charge is 0.263 e. The molecule has 1 unspecified atom stereocenters. The van der Waals surface area contributed by atoms with E-state index in [0.29, 0.717) is 13.2 Å². The molecule has 2 heterocycles. The highest BCUT2D eigenvalue weighted by Gasteiger charge is 2.21. The number of carbonyl (C=O) groups excluding carboxylic acids is 1. The van der Waals surface area contributed by atoms with Gasteiger partial charge in [0, 0.05) is 30.9 Å². The Bertz CT molecular complexity index is 399. The normalized spacial score (nSPS) is 15.5. The molecule has 0 fully saturated rings. The van der Waals surface area contributed by atoms with Crippen LogP contribution >= 0.6 is 23.7 Å². The second-order valence-corrected chi connectivity index (χ2v) is 5.50. The highest BCUT2D eigenvalue weighted by atomic mass is 35.5. The lowest BCUT2D eigenvalue weighted by atomic mass is 10.2. The van der Waals surface area contributed by atoms with Crippen LogP contribution in [0.1, 0.15) is 27.0 Å². The molecule has 18 heavy (non-hydrogen) atoms. The number of nitrogens with two attached hydrogens (primary N) is 1. The fraction of sp³-hybridized carbons (Fsp3) is 0.583. The molecule has 0 spiro atoms. The molecule has 0 radical (unpaired) electrons. The van der Waals surface area contributed by atoms with Gasteiger partial charge in [0.2, 0.25) is 0 Å². The molecule has 1 aromatic rings. The highest BCUT2D eigenvalue weighted by molar-refractivity contribution is 7.14. The largest absolute Gasteiger partial charge is 0.376 e. The lowest BCUT2D eigenvalue weighted by Gasteiger charge is -2.22. The third-order valence-corrected chi connectivity index (χ3v) is 4.39. The van der Waals surface area contributed by atoms with Gasteiger partial charge in [0.15, 0.2) is 0 Å². The lowest BCUT2D eigenvalue weighted by molar-refractivity contribution is 0.0753. The van der Waals surface area contributed by atoms with Crippen LogP contribution in [0.3, 0.4) is 0 Å². The summed E-state index contributed by atoms with van der Waals surface area (Å²) >= 11 is 1.59. The summed E-state index contributed by atoms with van der Waals surface area (Å²) in [6.45, 7) is 3.83. The van der Waals surface area contributed by atoms with Gasteiger partial charge in [-0.2, -0.15) is 0 Å². The number of thiophene rings is 1. The van der Waals surface area contributed by atoms with Crippen molar-refractivity contribution in [2.45, 2.75) is 26.0 Å². The van der Waals surface area contributed by atoms with Crippen molar-refractivity contribution < 1.29 is 9.53 Å². The molecule has 0 aliphatic carbocycles. The number of halogens is 1. The molecular weight excluding hydrogens is 272 g/mol. The Morgan fingerprint density at radius 3 is 3.00 bits per heavy atom. The summed E-state index contributed by atoms with van der Waals surface area (Å²) in [6.07, 6.45) is 0.920. The van der Waals surface area contributed by atoms with Crippen LogP contribution in [-0.2, 0) is 17.8 Å². The van der Waals surface area contributed by atoms with Crippen LogP contribution in [0.2, 0.25) is 0 Å². The van der Waals surface area contributed by atoms with E-state index in [-0.39, 0.29) is 24.4 Å². The molecule has 102 valence electrons. The van der Waals surface area contributed by atoms with E-state index >= 15 is 0 Å². The molecule has 1 atom stereocenters. The predicted octanol–water partition coefficient (Wildman–Crippen LogP) is 1.66. The average Bonchev–Trinajstić information content (AvgIpc) is 2.79. The molecule has 2 N–H and O–H groups in total. The van der Waals surface area contributed by atoms with Gasteiger partial charge in [0.05, 0.1) is 18.1 Å². The second-order valence-electron chi connectivity index (χ2n) is 4.36. The molecule has 0 bridgehead atoms. The van der Waals surface area contributed by atoms with Crippen molar-refractivity contribution in [1.29, 1.82) is 0 Å². The van der Waals surface area contributed by atoms with E-state index < -0.39 is 0 Å². The van der Waals surface area contributed by atoms with Crippen LogP contribution in [0.25, 0.3) is 0 Å². The Labute approximate surface area is 118 Å². The van der Waals surface area contributed by atoms with Gasteiger partial charge in [-0.1, -0.05) is 0 Å². The van der Waals surface area contributed by atoms with E-state index in [9.17, 15) is 4.79 Å². The fourth-order valence-electron chi connectivity index (χ4n) is 1.78. The van der Waals surface area contributed by atoms with Gasteiger partial charge < -0.3 is 15.4 Å². The first kappa shape index (κ1) is 15.4. The van der Waals surface area contributed by atoms with E-state index in [0.717, 1.165) is 17.9 Å². The van der Waals surface area contributed by atoms with Crippen LogP contribution in [0.15, 0.2) is 6.07 Å². The highest BCUT2D eigenvalue weighted by Crippen LogP contribution is 2.27. The first-order valence-corrected chi connectivity index (χ1v) is 6.61. The Morgan fingerprint density at radius 2 is 2.39 bits per heavy atom. The van der Waals surface area contributed by atoms with Crippen molar-refractivity contribution in [2.75, 3.05) is 20.2 Å². The van der Waals surface area contributed by atoms with Crippen molar-refractivity contribution in [3.63, 3.8) is 0 Å². The summed E-state index contributed by atoms with van der Waals surface area (Å²) in [5.74, 6) is 0.0577. The van der Waals surface area contributed by atoms with Crippen molar-refractivity contribution in [2.24, 2.45) is 5.73 Å². The maximum atomic E-state index is 12.2. The monoisotopic (exact) mass is 290 g/mol. The standard InChI is InChI=1S/C12H18N2O2S.ClH/c1-8(6-13)14(2)12(15)11-5-9-7-16-4-3-10(9)17-11;/h5,8H,3-4,6-7,13H2,1-2H3;1H. The third kappa shape index (κ3) is 3.03. The Hall–Kier alpha value is -0.620. The molecule has 0 saturated heterocycles.